The third kappa shape index (κ3) is 2.66. The molecule has 128 valence electrons. The quantitative estimate of drug-likeness (QED) is 0.259. The monoisotopic (exact) mass is 344 g/mol. The van der Waals surface area contributed by atoms with Gasteiger partial charge in [0.25, 0.3) is 0 Å². The van der Waals surface area contributed by atoms with Gasteiger partial charge in [0.15, 0.2) is 0 Å². The van der Waals surface area contributed by atoms with Crippen LogP contribution in [0.2, 0.25) is 0 Å². The Morgan fingerprint density at radius 2 is 1.77 bits per heavy atom. The van der Waals surface area contributed by atoms with Crippen LogP contribution in [0.3, 0.4) is 0 Å². The van der Waals surface area contributed by atoms with Crippen LogP contribution >= 0.6 is 0 Å². The molecule has 5 N–H and O–H groups in total. The number of hydrogen-bond acceptors (Lipinski definition) is 5. The molecule has 0 aliphatic rings. The van der Waals surface area contributed by atoms with E-state index in [4.69, 9.17) is 16.4 Å². The summed E-state index contributed by atoms with van der Waals surface area (Å²) < 4.78 is 1.77. The molecule has 2 aromatic carbocycles. The van der Waals surface area contributed by atoms with Crippen molar-refractivity contribution in [2.45, 2.75) is 0 Å². The van der Waals surface area contributed by atoms with E-state index in [0.29, 0.717) is 11.4 Å². The fraction of sp³-hybridized carbons (Fsp3) is 0. The van der Waals surface area contributed by atoms with Gasteiger partial charge in [0.1, 0.15) is 11.7 Å². The molecule has 0 saturated carbocycles. The van der Waals surface area contributed by atoms with Crippen molar-refractivity contribution in [3.63, 3.8) is 0 Å². The standard InChI is InChI=1S/C19H16N6O/c20-18(24-26)13-7-5-12(6-8-13)16-9-10-25(23-16)17-11-22-19(21)15-4-2-1-3-14(15)17/h1-11,26H,(H2,20,24)(H2,21,22). The lowest BCUT2D eigenvalue weighted by Crippen LogP contribution is -2.18. The zero-order chi connectivity index (χ0) is 18.1. The average molecular weight is 344 g/mol. The van der Waals surface area contributed by atoms with Crippen molar-refractivity contribution in [2.75, 3.05) is 5.73 Å². The Labute approximate surface area is 149 Å². The topological polar surface area (TPSA) is 113 Å². The highest BCUT2D eigenvalue weighted by atomic mass is 16.5. The number of benzene rings is 2. The highest BCUT2D eigenvalue weighted by Crippen LogP contribution is 2.26. The predicted octanol–water partition coefficient (Wildman–Crippen LogP) is 2.97. The van der Waals surface area contributed by atoms with E-state index in [1.165, 1.54) is 0 Å². The van der Waals surface area contributed by atoms with Gasteiger partial charge in [-0.05, 0) is 6.07 Å². The number of nitrogens with two attached hydrogens (primary N) is 1. The van der Waals surface area contributed by atoms with E-state index in [0.717, 1.165) is 27.7 Å². The Kier molecular flexibility index (Phi) is 3.83. The van der Waals surface area contributed by atoms with Crippen molar-refractivity contribution >= 4 is 22.4 Å². The van der Waals surface area contributed by atoms with Gasteiger partial charge >= 0.3 is 0 Å². The van der Waals surface area contributed by atoms with Crippen molar-refractivity contribution in [1.82, 2.24) is 20.2 Å². The maximum Gasteiger partial charge on any atom is 0.149 e. The number of hydroxylamine groups is 1. The molecule has 2 heterocycles. The molecule has 7 heteroatoms. The number of pyridine rings is 1. The second-order valence-corrected chi connectivity index (χ2v) is 5.78. The van der Waals surface area contributed by atoms with Gasteiger partial charge < -0.3 is 5.73 Å². The molecule has 2 aromatic heterocycles. The molecule has 0 radical (unpaired) electrons. The Morgan fingerprint density at radius 3 is 2.50 bits per heavy atom. The van der Waals surface area contributed by atoms with Crippen molar-refractivity contribution in [1.29, 1.82) is 5.41 Å². The Bertz CT molecular complexity index is 1100. The molecule has 26 heavy (non-hydrogen) atoms. The van der Waals surface area contributed by atoms with Crippen molar-refractivity contribution < 1.29 is 5.21 Å². The molecule has 4 rings (SSSR count). The third-order valence-corrected chi connectivity index (χ3v) is 4.22. The normalized spacial score (nSPS) is 10.8. The lowest BCUT2D eigenvalue weighted by molar-refractivity contribution is 0.234. The molecule has 0 bridgehead atoms. The summed E-state index contributed by atoms with van der Waals surface area (Å²) in [6, 6.07) is 16.9. The molecule has 0 unspecified atom stereocenters. The maximum atomic E-state index is 8.80. The summed E-state index contributed by atoms with van der Waals surface area (Å²) in [6.07, 6.45) is 3.59. The summed E-state index contributed by atoms with van der Waals surface area (Å²) in [5, 5.41) is 22.9. The van der Waals surface area contributed by atoms with Crippen LogP contribution in [-0.2, 0) is 0 Å². The largest absolute Gasteiger partial charge is 0.383 e. The number of fused-ring (bicyclic) bond motifs is 1. The van der Waals surface area contributed by atoms with Crippen LogP contribution in [0, 0.1) is 5.41 Å². The molecule has 0 saturated heterocycles. The summed E-state index contributed by atoms with van der Waals surface area (Å²) in [5.74, 6) is 0.439. The number of anilines is 1. The minimum Gasteiger partial charge on any atom is -0.383 e. The number of aromatic nitrogens is 3. The van der Waals surface area contributed by atoms with Gasteiger partial charge in [-0.15, -0.1) is 0 Å². The number of nitrogens with zero attached hydrogens (tertiary/aromatic N) is 3. The molecule has 0 fully saturated rings. The first-order valence-electron chi connectivity index (χ1n) is 7.96. The number of rotatable bonds is 3. The van der Waals surface area contributed by atoms with Crippen LogP contribution in [0.1, 0.15) is 5.56 Å². The van der Waals surface area contributed by atoms with E-state index in [-0.39, 0.29) is 5.84 Å². The fourth-order valence-corrected chi connectivity index (χ4v) is 2.87. The summed E-state index contributed by atoms with van der Waals surface area (Å²) >= 11 is 0. The number of nitrogen functional groups attached to an aromatic ring is 1. The first-order valence-corrected chi connectivity index (χ1v) is 7.96. The SMILES string of the molecule is N=C(NO)c1ccc(-c2ccn(-c3cnc(N)c4ccccc34)n2)cc1. The molecule has 0 spiro atoms. The minimum atomic E-state index is -0.0542. The second-order valence-electron chi connectivity index (χ2n) is 5.78. The van der Waals surface area contributed by atoms with Gasteiger partial charge in [-0.3, -0.25) is 16.1 Å². The van der Waals surface area contributed by atoms with Crippen LogP contribution in [0.25, 0.3) is 27.7 Å². The van der Waals surface area contributed by atoms with E-state index < -0.39 is 0 Å². The fourth-order valence-electron chi connectivity index (χ4n) is 2.87. The van der Waals surface area contributed by atoms with Crippen molar-refractivity contribution in [3.8, 4) is 16.9 Å². The van der Waals surface area contributed by atoms with Gasteiger partial charge in [0, 0.05) is 28.1 Å². The zero-order valence-electron chi connectivity index (χ0n) is 13.7. The molecule has 0 aliphatic heterocycles. The predicted molar refractivity (Wildman–Crippen MR) is 100 cm³/mol. The van der Waals surface area contributed by atoms with Crippen LogP contribution in [0.15, 0.2) is 67.0 Å². The van der Waals surface area contributed by atoms with Gasteiger partial charge in [-0.25, -0.2) is 9.67 Å². The van der Waals surface area contributed by atoms with Gasteiger partial charge in [-0.2, -0.15) is 5.10 Å². The highest BCUT2D eigenvalue weighted by Gasteiger charge is 2.10. The Balaban J connectivity index is 1.73. The average Bonchev–Trinajstić information content (AvgIpc) is 3.18. The minimum absolute atomic E-state index is 0.0542. The molecule has 7 nitrogen and oxygen atoms in total. The lowest BCUT2D eigenvalue weighted by atomic mass is 10.1. The first-order chi connectivity index (χ1) is 12.7. The van der Waals surface area contributed by atoms with Crippen molar-refractivity contribution in [2.24, 2.45) is 0 Å². The summed E-state index contributed by atoms with van der Waals surface area (Å²) in [5.41, 5.74) is 10.9. The Morgan fingerprint density at radius 1 is 1.04 bits per heavy atom. The summed E-state index contributed by atoms with van der Waals surface area (Å²) in [7, 11) is 0. The number of amidine groups is 1. The maximum absolute atomic E-state index is 8.80. The van der Waals surface area contributed by atoms with Gasteiger partial charge in [0.05, 0.1) is 17.6 Å². The molecular weight excluding hydrogens is 328 g/mol. The highest BCUT2D eigenvalue weighted by molar-refractivity contribution is 5.96. The van der Waals surface area contributed by atoms with Crippen LogP contribution in [0.4, 0.5) is 5.82 Å². The smallest absolute Gasteiger partial charge is 0.149 e. The van der Waals surface area contributed by atoms with E-state index in [9.17, 15) is 0 Å². The van der Waals surface area contributed by atoms with Gasteiger partial charge in [0.2, 0.25) is 0 Å². The van der Waals surface area contributed by atoms with Crippen molar-refractivity contribution in [3.05, 3.63) is 72.6 Å². The second kappa shape index (κ2) is 6.30. The molecule has 0 amide bonds. The zero-order valence-corrected chi connectivity index (χ0v) is 13.7. The molecule has 0 atom stereocenters. The Hall–Kier alpha value is -3.71. The lowest BCUT2D eigenvalue weighted by Gasteiger charge is -2.08. The first kappa shape index (κ1) is 15.8. The van der Waals surface area contributed by atoms with E-state index in [2.05, 4.69) is 10.1 Å². The van der Waals surface area contributed by atoms with E-state index in [1.54, 1.807) is 23.0 Å². The number of nitrogens with one attached hydrogen (secondary N) is 2. The van der Waals surface area contributed by atoms with E-state index >= 15 is 0 Å². The van der Waals surface area contributed by atoms with E-state index in [1.807, 2.05) is 54.1 Å². The van der Waals surface area contributed by atoms with Crippen LogP contribution in [-0.4, -0.2) is 25.8 Å². The van der Waals surface area contributed by atoms with Gasteiger partial charge in [-0.1, -0.05) is 48.5 Å². The number of hydrogen-bond donors (Lipinski definition) is 4. The summed E-state index contributed by atoms with van der Waals surface area (Å²) in [6.45, 7) is 0. The van der Waals surface area contributed by atoms with Crippen LogP contribution in [0.5, 0.6) is 0 Å². The molecule has 0 aliphatic carbocycles. The van der Waals surface area contributed by atoms with Crippen LogP contribution < -0.4 is 11.2 Å². The summed E-state index contributed by atoms with van der Waals surface area (Å²) in [4.78, 5) is 4.27. The molecular formula is C19H16N6O. The third-order valence-electron chi connectivity index (χ3n) is 4.22. The molecule has 4 aromatic rings.